The summed E-state index contributed by atoms with van der Waals surface area (Å²) in [5, 5.41) is 2.37. The van der Waals surface area contributed by atoms with Crippen LogP contribution in [0.4, 0.5) is 0 Å². The summed E-state index contributed by atoms with van der Waals surface area (Å²) in [5.41, 5.74) is 1.40. The van der Waals surface area contributed by atoms with Crippen LogP contribution in [-0.2, 0) is 6.54 Å². The average Bonchev–Trinajstić information content (AvgIpc) is 2.15. The molecule has 0 unspecified atom stereocenters. The molecule has 3 heteroatoms. The lowest BCUT2D eigenvalue weighted by Crippen LogP contribution is -3.00. The van der Waals surface area contributed by atoms with Gasteiger partial charge in [0.1, 0.15) is 6.54 Å². The first kappa shape index (κ1) is 13.9. The summed E-state index contributed by atoms with van der Waals surface area (Å²) in [7, 11) is 0. The number of benzene rings is 1. The highest BCUT2D eigenvalue weighted by atomic mass is 79.9. The predicted octanol–water partition coefficient (Wildman–Crippen LogP) is -0.683. The van der Waals surface area contributed by atoms with Gasteiger partial charge in [-0.2, -0.15) is 0 Å². The monoisotopic (exact) mass is 277 g/mol. The molecule has 0 aliphatic rings. The Bertz CT molecular complexity index is 236. The minimum absolute atomic E-state index is 0. The zero-order chi connectivity index (χ0) is 9.52. The third-order valence-electron chi connectivity index (χ3n) is 2.06. The Labute approximate surface area is 101 Å². The largest absolute Gasteiger partial charge is 1.00 e. The summed E-state index contributed by atoms with van der Waals surface area (Å²) < 4.78 is 1.16. The third-order valence-corrected chi connectivity index (χ3v) is 2.58. The molecule has 0 fully saturated rings. The molecule has 0 amide bonds. The second kappa shape index (κ2) is 8.27. The Morgan fingerprint density at radius 3 is 2.43 bits per heavy atom. The van der Waals surface area contributed by atoms with Gasteiger partial charge >= 0.3 is 0 Å². The summed E-state index contributed by atoms with van der Waals surface area (Å²) in [4.78, 5) is 0. The lowest BCUT2D eigenvalue weighted by molar-refractivity contribution is -0.670. The fourth-order valence-corrected chi connectivity index (χ4v) is 1.50. The number of rotatable bonds is 5. The molecule has 0 saturated heterocycles. The van der Waals surface area contributed by atoms with Crippen molar-refractivity contribution >= 4 is 15.9 Å². The molecule has 0 aliphatic carbocycles. The molecular weight excluding hydrogens is 261 g/mol. The summed E-state index contributed by atoms with van der Waals surface area (Å²) in [5.74, 6) is 0. The van der Waals surface area contributed by atoms with Gasteiger partial charge in [-0.3, -0.25) is 0 Å². The van der Waals surface area contributed by atoms with E-state index in [4.69, 9.17) is 0 Å². The van der Waals surface area contributed by atoms with Crippen LogP contribution in [0, 0.1) is 0 Å². The molecule has 0 spiro atoms. The van der Waals surface area contributed by atoms with E-state index >= 15 is 0 Å². The molecule has 0 aromatic heterocycles. The second-order valence-corrected chi connectivity index (χ2v) is 4.18. The van der Waals surface area contributed by atoms with E-state index in [2.05, 4.69) is 52.4 Å². The van der Waals surface area contributed by atoms with Crippen LogP contribution in [0.15, 0.2) is 28.7 Å². The molecule has 2 N–H and O–H groups in total. The van der Waals surface area contributed by atoms with Gasteiger partial charge in [0.15, 0.2) is 0 Å². The van der Waals surface area contributed by atoms with E-state index in [-0.39, 0.29) is 12.4 Å². The minimum Gasteiger partial charge on any atom is -1.00 e. The Balaban J connectivity index is 0.00000169. The maximum atomic E-state index is 3.43. The summed E-state index contributed by atoms with van der Waals surface area (Å²) >= 11 is 3.43. The molecule has 0 bridgehead atoms. The number of unbranched alkanes of at least 4 members (excludes halogenated alkanes) is 1. The average molecular weight is 279 g/mol. The van der Waals surface area contributed by atoms with Crippen molar-refractivity contribution in [1.29, 1.82) is 0 Å². The Morgan fingerprint density at radius 2 is 1.86 bits per heavy atom. The van der Waals surface area contributed by atoms with Gasteiger partial charge in [-0.1, -0.05) is 41.4 Å². The lowest BCUT2D eigenvalue weighted by atomic mass is 10.2. The van der Waals surface area contributed by atoms with Crippen molar-refractivity contribution in [3.8, 4) is 0 Å². The smallest absolute Gasteiger partial charge is 0.101 e. The SMILES string of the molecule is CCCC[NH2+]Cc1ccc(Br)cc1.[Cl-]. The van der Waals surface area contributed by atoms with Crippen LogP contribution in [-0.4, -0.2) is 6.54 Å². The van der Waals surface area contributed by atoms with Gasteiger partial charge in [0.25, 0.3) is 0 Å². The van der Waals surface area contributed by atoms with Crippen LogP contribution < -0.4 is 17.7 Å². The molecular formula is C11H17BrClN. The third kappa shape index (κ3) is 5.63. The Kier molecular flexibility index (Phi) is 8.24. The molecule has 0 saturated carbocycles. The second-order valence-electron chi connectivity index (χ2n) is 3.26. The molecule has 1 rings (SSSR count). The number of hydrogen-bond acceptors (Lipinski definition) is 0. The van der Waals surface area contributed by atoms with Crippen molar-refractivity contribution in [2.75, 3.05) is 6.54 Å². The van der Waals surface area contributed by atoms with Crippen molar-refractivity contribution in [3.63, 3.8) is 0 Å². The molecule has 0 heterocycles. The summed E-state index contributed by atoms with van der Waals surface area (Å²) in [6, 6.07) is 8.55. The van der Waals surface area contributed by atoms with Gasteiger partial charge in [-0.25, -0.2) is 0 Å². The number of quaternary nitrogens is 1. The highest BCUT2D eigenvalue weighted by Gasteiger charge is 1.94. The summed E-state index contributed by atoms with van der Waals surface area (Å²) in [6.45, 7) is 4.58. The van der Waals surface area contributed by atoms with Gasteiger partial charge < -0.3 is 17.7 Å². The van der Waals surface area contributed by atoms with Crippen LogP contribution in [0.25, 0.3) is 0 Å². The van der Waals surface area contributed by atoms with E-state index in [1.54, 1.807) is 0 Å². The van der Waals surface area contributed by atoms with Crippen molar-refractivity contribution in [2.45, 2.75) is 26.3 Å². The number of halogens is 2. The van der Waals surface area contributed by atoms with Crippen LogP contribution in [0.2, 0.25) is 0 Å². The van der Waals surface area contributed by atoms with Gasteiger partial charge in [-0.15, -0.1) is 0 Å². The van der Waals surface area contributed by atoms with E-state index in [9.17, 15) is 0 Å². The molecule has 1 aromatic rings. The van der Waals surface area contributed by atoms with E-state index in [0.29, 0.717) is 0 Å². The zero-order valence-electron chi connectivity index (χ0n) is 8.47. The molecule has 0 atom stereocenters. The highest BCUT2D eigenvalue weighted by Crippen LogP contribution is 2.09. The molecule has 14 heavy (non-hydrogen) atoms. The topological polar surface area (TPSA) is 16.6 Å². The molecule has 0 aliphatic heterocycles. The van der Waals surface area contributed by atoms with E-state index in [1.807, 2.05) is 0 Å². The molecule has 1 nitrogen and oxygen atoms in total. The van der Waals surface area contributed by atoms with E-state index in [1.165, 1.54) is 24.9 Å². The Morgan fingerprint density at radius 1 is 1.21 bits per heavy atom. The fraction of sp³-hybridized carbons (Fsp3) is 0.455. The normalized spacial score (nSPS) is 9.57. The van der Waals surface area contributed by atoms with Crippen LogP contribution >= 0.6 is 15.9 Å². The van der Waals surface area contributed by atoms with Gasteiger partial charge in [-0.05, 0) is 18.6 Å². The number of hydrogen-bond donors (Lipinski definition) is 1. The van der Waals surface area contributed by atoms with Crippen LogP contribution in [0.5, 0.6) is 0 Å². The first-order valence-electron chi connectivity index (χ1n) is 4.89. The first-order valence-corrected chi connectivity index (χ1v) is 5.68. The van der Waals surface area contributed by atoms with Crippen molar-refractivity contribution in [3.05, 3.63) is 34.3 Å². The molecule has 1 aromatic carbocycles. The minimum atomic E-state index is 0. The van der Waals surface area contributed by atoms with E-state index in [0.717, 1.165) is 11.0 Å². The molecule has 0 radical (unpaired) electrons. The van der Waals surface area contributed by atoms with Gasteiger partial charge in [0.05, 0.1) is 6.54 Å². The lowest BCUT2D eigenvalue weighted by Gasteiger charge is -2.00. The standard InChI is InChI=1S/C11H16BrN.ClH/c1-2-3-8-13-9-10-4-6-11(12)7-5-10;/h4-7,13H,2-3,8-9H2,1H3;1H. The van der Waals surface area contributed by atoms with Crippen molar-refractivity contribution in [1.82, 2.24) is 0 Å². The predicted molar refractivity (Wildman–Crippen MR) is 59.5 cm³/mol. The van der Waals surface area contributed by atoms with Crippen LogP contribution in [0.1, 0.15) is 25.3 Å². The maximum Gasteiger partial charge on any atom is 0.101 e. The fourth-order valence-electron chi connectivity index (χ4n) is 1.24. The molecule has 80 valence electrons. The summed E-state index contributed by atoms with van der Waals surface area (Å²) in [6.07, 6.45) is 2.60. The first-order chi connectivity index (χ1) is 6.33. The van der Waals surface area contributed by atoms with Crippen LogP contribution in [0.3, 0.4) is 0 Å². The highest BCUT2D eigenvalue weighted by molar-refractivity contribution is 9.10. The van der Waals surface area contributed by atoms with E-state index < -0.39 is 0 Å². The van der Waals surface area contributed by atoms with Gasteiger partial charge in [0, 0.05) is 10.0 Å². The van der Waals surface area contributed by atoms with Gasteiger partial charge in [0.2, 0.25) is 0 Å². The quantitative estimate of drug-likeness (QED) is 0.687. The van der Waals surface area contributed by atoms with Crippen molar-refractivity contribution in [2.24, 2.45) is 0 Å². The maximum absolute atomic E-state index is 3.43. The number of nitrogens with two attached hydrogens (primary N) is 1. The zero-order valence-corrected chi connectivity index (χ0v) is 10.8. The van der Waals surface area contributed by atoms with Crippen molar-refractivity contribution < 1.29 is 17.7 Å². The Hall–Kier alpha value is -0.0500.